The van der Waals surface area contributed by atoms with E-state index in [2.05, 4.69) is 10.6 Å². The SMILES string of the molecule is COc1ccccc1C(=O)Nc1ccc2c(c1)C(=O)N(C)[C@H]1CC[C@H](CC(=O)NCc3ccc(Cl)c(Cl)c3)O[C@@H]1CO2. The average molecular weight is 613 g/mol. The Morgan fingerprint density at radius 3 is 2.64 bits per heavy atom. The number of fused-ring (bicyclic) bond motifs is 2. The smallest absolute Gasteiger partial charge is 0.259 e. The summed E-state index contributed by atoms with van der Waals surface area (Å²) in [7, 11) is 3.24. The number of amides is 3. The van der Waals surface area contributed by atoms with Crippen LogP contribution in [0.3, 0.4) is 0 Å². The molecule has 2 aliphatic rings. The molecule has 1 saturated heterocycles. The van der Waals surface area contributed by atoms with Gasteiger partial charge in [0.2, 0.25) is 5.91 Å². The van der Waals surface area contributed by atoms with Crippen LogP contribution in [0.1, 0.15) is 45.5 Å². The van der Waals surface area contributed by atoms with Gasteiger partial charge in [-0.1, -0.05) is 41.4 Å². The first-order valence-electron chi connectivity index (χ1n) is 13.6. The highest BCUT2D eigenvalue weighted by atomic mass is 35.5. The third-order valence-corrected chi connectivity index (χ3v) is 8.25. The van der Waals surface area contributed by atoms with Crippen LogP contribution >= 0.6 is 23.2 Å². The van der Waals surface area contributed by atoms with Gasteiger partial charge in [-0.3, -0.25) is 14.4 Å². The number of nitrogens with zero attached hydrogens (tertiary/aromatic N) is 1. The minimum absolute atomic E-state index is 0.145. The zero-order valence-corrected chi connectivity index (χ0v) is 24.7. The van der Waals surface area contributed by atoms with Gasteiger partial charge in [0.1, 0.15) is 24.2 Å². The second kappa shape index (κ2) is 13.0. The number of halogens is 2. The third-order valence-electron chi connectivity index (χ3n) is 7.51. The van der Waals surface area contributed by atoms with Gasteiger partial charge in [0, 0.05) is 19.3 Å². The van der Waals surface area contributed by atoms with Crippen molar-refractivity contribution >= 4 is 46.6 Å². The van der Waals surface area contributed by atoms with E-state index in [0.717, 1.165) is 5.56 Å². The van der Waals surface area contributed by atoms with Gasteiger partial charge in [-0.05, 0) is 60.9 Å². The molecule has 3 amide bonds. The Morgan fingerprint density at radius 2 is 1.86 bits per heavy atom. The van der Waals surface area contributed by atoms with E-state index in [0.29, 0.717) is 57.7 Å². The highest BCUT2D eigenvalue weighted by Crippen LogP contribution is 2.33. The van der Waals surface area contributed by atoms with Crippen molar-refractivity contribution < 1.29 is 28.6 Å². The maximum absolute atomic E-state index is 13.6. The molecule has 3 atom stereocenters. The molecular weight excluding hydrogens is 581 g/mol. The van der Waals surface area contributed by atoms with Crippen LogP contribution in [0.2, 0.25) is 10.0 Å². The summed E-state index contributed by atoms with van der Waals surface area (Å²) in [6.07, 6.45) is 0.743. The van der Waals surface area contributed by atoms with Crippen LogP contribution in [0.4, 0.5) is 5.69 Å². The number of carbonyl (C=O) groups excluding carboxylic acids is 3. The van der Waals surface area contributed by atoms with Gasteiger partial charge < -0.3 is 29.7 Å². The Kier molecular flexibility index (Phi) is 9.21. The Bertz CT molecular complexity index is 1500. The number of nitrogens with one attached hydrogen (secondary N) is 2. The molecule has 3 aromatic rings. The minimum atomic E-state index is -0.404. The fourth-order valence-corrected chi connectivity index (χ4v) is 5.59. The van der Waals surface area contributed by atoms with Crippen molar-refractivity contribution in [3.8, 4) is 11.5 Å². The van der Waals surface area contributed by atoms with E-state index in [1.54, 1.807) is 66.5 Å². The van der Waals surface area contributed by atoms with Gasteiger partial charge in [0.25, 0.3) is 11.8 Å². The Labute approximate surface area is 254 Å². The summed E-state index contributed by atoms with van der Waals surface area (Å²) in [5, 5.41) is 6.63. The van der Waals surface area contributed by atoms with E-state index >= 15 is 0 Å². The zero-order chi connectivity index (χ0) is 29.8. The van der Waals surface area contributed by atoms with Gasteiger partial charge in [-0.25, -0.2) is 0 Å². The maximum atomic E-state index is 13.6. The molecule has 3 aromatic carbocycles. The molecule has 0 radical (unpaired) electrons. The van der Waals surface area contributed by atoms with E-state index in [1.807, 2.05) is 6.07 Å². The normalized spacial score (nSPS) is 19.9. The van der Waals surface area contributed by atoms with Crippen molar-refractivity contribution in [2.24, 2.45) is 0 Å². The predicted molar refractivity (Wildman–Crippen MR) is 160 cm³/mol. The number of ether oxygens (including phenoxy) is 3. The summed E-state index contributed by atoms with van der Waals surface area (Å²) in [6.45, 7) is 0.538. The second-order valence-corrected chi connectivity index (χ2v) is 11.1. The number of para-hydroxylation sites is 1. The van der Waals surface area contributed by atoms with Crippen molar-refractivity contribution in [3.63, 3.8) is 0 Å². The molecule has 2 aliphatic heterocycles. The number of likely N-dealkylation sites (N-methyl/N-ethyl adjacent to an activating group) is 1. The highest BCUT2D eigenvalue weighted by molar-refractivity contribution is 6.42. The maximum Gasteiger partial charge on any atom is 0.259 e. The van der Waals surface area contributed by atoms with Crippen LogP contribution in [0.5, 0.6) is 11.5 Å². The van der Waals surface area contributed by atoms with Crippen LogP contribution in [0.15, 0.2) is 60.7 Å². The quantitative estimate of drug-likeness (QED) is 0.373. The fourth-order valence-electron chi connectivity index (χ4n) is 5.27. The van der Waals surface area contributed by atoms with E-state index in [4.69, 9.17) is 37.4 Å². The lowest BCUT2D eigenvalue weighted by molar-refractivity contribution is -0.134. The topological polar surface area (TPSA) is 106 Å². The summed E-state index contributed by atoms with van der Waals surface area (Å²) in [4.78, 5) is 40.8. The molecule has 9 nitrogen and oxygen atoms in total. The van der Waals surface area contributed by atoms with Gasteiger partial charge in [0.15, 0.2) is 0 Å². The molecule has 0 spiro atoms. The van der Waals surface area contributed by atoms with Gasteiger partial charge in [-0.2, -0.15) is 0 Å². The summed E-state index contributed by atoms with van der Waals surface area (Å²) in [5.74, 6) is 0.104. The molecule has 0 unspecified atom stereocenters. The number of carbonyl (C=O) groups is 3. The van der Waals surface area contributed by atoms with Crippen LogP contribution in [-0.2, 0) is 16.1 Å². The Morgan fingerprint density at radius 1 is 1.05 bits per heavy atom. The van der Waals surface area contributed by atoms with E-state index in [9.17, 15) is 14.4 Å². The first-order valence-corrected chi connectivity index (χ1v) is 14.3. The summed E-state index contributed by atoms with van der Waals surface area (Å²) in [6, 6.07) is 16.9. The van der Waals surface area contributed by atoms with Crippen LogP contribution in [0.25, 0.3) is 0 Å². The number of hydrogen-bond donors (Lipinski definition) is 2. The molecule has 5 rings (SSSR count). The summed E-state index contributed by atoms with van der Waals surface area (Å²) >= 11 is 12.0. The number of benzene rings is 3. The molecule has 0 saturated carbocycles. The number of rotatable bonds is 7. The number of hydrogen-bond acceptors (Lipinski definition) is 6. The molecule has 0 bridgehead atoms. The lowest BCUT2D eigenvalue weighted by Crippen LogP contribution is -2.53. The Hall–Kier alpha value is -3.79. The molecule has 0 aliphatic carbocycles. The average Bonchev–Trinajstić information content (AvgIpc) is 2.99. The molecule has 2 heterocycles. The monoisotopic (exact) mass is 611 g/mol. The predicted octanol–water partition coefficient (Wildman–Crippen LogP) is 5.34. The second-order valence-electron chi connectivity index (χ2n) is 10.3. The molecule has 220 valence electrons. The summed E-state index contributed by atoms with van der Waals surface area (Å²) < 4.78 is 17.6. The van der Waals surface area contributed by atoms with Crippen molar-refractivity contribution in [1.29, 1.82) is 0 Å². The highest BCUT2D eigenvalue weighted by Gasteiger charge is 2.39. The number of anilines is 1. The minimum Gasteiger partial charge on any atom is -0.496 e. The largest absolute Gasteiger partial charge is 0.496 e. The lowest BCUT2D eigenvalue weighted by atomic mass is 9.94. The van der Waals surface area contributed by atoms with E-state index in [-0.39, 0.29) is 42.9 Å². The molecule has 1 fully saturated rings. The molecule has 2 N–H and O–H groups in total. The zero-order valence-electron chi connectivity index (χ0n) is 23.2. The first kappa shape index (κ1) is 29.7. The van der Waals surface area contributed by atoms with Crippen LogP contribution < -0.4 is 20.1 Å². The number of methoxy groups -OCH3 is 1. The van der Waals surface area contributed by atoms with E-state index in [1.165, 1.54) is 7.11 Å². The third kappa shape index (κ3) is 6.64. The molecule has 42 heavy (non-hydrogen) atoms. The van der Waals surface area contributed by atoms with Gasteiger partial charge >= 0.3 is 0 Å². The fraction of sp³-hybridized carbons (Fsp3) is 0.323. The summed E-state index contributed by atoms with van der Waals surface area (Å²) in [5.41, 5.74) is 2.03. The van der Waals surface area contributed by atoms with Crippen molar-refractivity contribution in [2.75, 3.05) is 26.1 Å². The standard InChI is InChI=1S/C31H31Cl2N3O6/c1-36-25-11-9-20(15-29(37)34-16-18-7-10-23(32)24(33)13-18)42-28(25)17-41-27-12-8-19(14-22(27)31(36)39)35-30(38)21-5-3-4-6-26(21)40-2/h3-8,10,12-14,20,25,28H,9,11,15-17H2,1-2H3,(H,34,37)(H,35,38)/t20-,25+,28-/m1/s1. The van der Waals surface area contributed by atoms with E-state index < -0.39 is 6.10 Å². The van der Waals surface area contributed by atoms with Crippen LogP contribution in [-0.4, -0.2) is 61.6 Å². The lowest BCUT2D eigenvalue weighted by Gasteiger charge is -2.42. The Balaban J connectivity index is 1.22. The van der Waals surface area contributed by atoms with Crippen molar-refractivity contribution in [2.45, 2.75) is 44.1 Å². The molecular formula is C31H31Cl2N3O6. The van der Waals surface area contributed by atoms with Gasteiger partial charge in [-0.15, -0.1) is 0 Å². The molecule has 0 aromatic heterocycles. The van der Waals surface area contributed by atoms with Gasteiger partial charge in [0.05, 0.1) is 46.8 Å². The van der Waals surface area contributed by atoms with Crippen LogP contribution in [0, 0.1) is 0 Å². The van der Waals surface area contributed by atoms with Crippen molar-refractivity contribution in [1.82, 2.24) is 10.2 Å². The first-order chi connectivity index (χ1) is 20.2. The van der Waals surface area contributed by atoms with Crippen molar-refractivity contribution in [3.05, 3.63) is 87.4 Å². The molecule has 11 heteroatoms.